The summed E-state index contributed by atoms with van der Waals surface area (Å²) in [6, 6.07) is 1.80. The minimum Gasteiger partial charge on any atom is -0.364 e. The van der Waals surface area contributed by atoms with Gasteiger partial charge in [-0.2, -0.15) is 16.9 Å². The summed E-state index contributed by atoms with van der Waals surface area (Å²) in [4.78, 5) is 13.6. The lowest BCUT2D eigenvalue weighted by Gasteiger charge is -2.32. The van der Waals surface area contributed by atoms with Crippen LogP contribution in [0.5, 0.6) is 0 Å². The fraction of sp³-hybridized carbons (Fsp3) is 0.692. The average molecular weight is 282 g/mol. The third kappa shape index (κ3) is 3.98. The second kappa shape index (κ2) is 6.96. The number of aromatic amines is 1. The number of primary amides is 1. The van der Waals surface area contributed by atoms with E-state index >= 15 is 0 Å². The summed E-state index contributed by atoms with van der Waals surface area (Å²) in [5.74, 6) is 1.20. The number of carbonyl (C=O) groups excluding carboxylic acids is 1. The zero-order chi connectivity index (χ0) is 13.7. The number of amides is 1. The molecule has 1 aromatic heterocycles. The van der Waals surface area contributed by atoms with Crippen molar-refractivity contribution in [2.75, 3.05) is 31.6 Å². The van der Waals surface area contributed by atoms with Crippen LogP contribution in [0.1, 0.15) is 41.4 Å². The number of nitrogens with two attached hydrogens (primary N) is 1. The highest BCUT2D eigenvalue weighted by molar-refractivity contribution is 7.98. The van der Waals surface area contributed by atoms with Crippen LogP contribution in [0, 0.1) is 0 Å². The van der Waals surface area contributed by atoms with Gasteiger partial charge >= 0.3 is 0 Å². The number of carbonyl (C=O) groups is 1. The summed E-state index contributed by atoms with van der Waals surface area (Å²) in [5, 5.41) is 6.93. The Hall–Kier alpha value is -1.01. The maximum absolute atomic E-state index is 11.1. The molecule has 19 heavy (non-hydrogen) atoms. The van der Waals surface area contributed by atoms with Gasteiger partial charge in [0.25, 0.3) is 5.91 Å². The predicted molar refractivity (Wildman–Crippen MR) is 78.5 cm³/mol. The lowest BCUT2D eigenvalue weighted by Crippen LogP contribution is -2.35. The smallest absolute Gasteiger partial charge is 0.269 e. The lowest BCUT2D eigenvalue weighted by atomic mass is 9.94. The van der Waals surface area contributed by atoms with Gasteiger partial charge in [0.05, 0.1) is 0 Å². The SMILES string of the molecule is CSCCCN1CCC[C@@H](c2cc(C(N)=O)n[nH]2)C1. The van der Waals surface area contributed by atoms with Gasteiger partial charge in [-0.3, -0.25) is 9.89 Å². The molecular weight excluding hydrogens is 260 g/mol. The van der Waals surface area contributed by atoms with E-state index in [1.54, 1.807) is 6.07 Å². The Morgan fingerprint density at radius 1 is 1.68 bits per heavy atom. The number of likely N-dealkylation sites (tertiary alicyclic amines) is 1. The standard InChI is InChI=1S/C13H22N4OS/c1-19-7-3-6-17-5-2-4-10(9-17)11-8-12(13(14)18)16-15-11/h8,10H,2-7,9H2,1H3,(H2,14,18)(H,15,16)/t10-/m1/s1. The third-order valence-electron chi connectivity index (χ3n) is 3.62. The number of thioether (sulfide) groups is 1. The highest BCUT2D eigenvalue weighted by atomic mass is 32.2. The molecule has 106 valence electrons. The number of aromatic nitrogens is 2. The molecule has 0 aromatic carbocycles. The first-order valence-corrected chi connectivity index (χ1v) is 8.16. The predicted octanol–water partition coefficient (Wildman–Crippen LogP) is 1.44. The molecule has 0 bridgehead atoms. The summed E-state index contributed by atoms with van der Waals surface area (Å²) >= 11 is 1.90. The molecule has 3 N–H and O–H groups in total. The van der Waals surface area contributed by atoms with Crippen molar-refractivity contribution in [3.63, 3.8) is 0 Å². The molecule has 1 amide bonds. The number of rotatable bonds is 6. The second-order valence-electron chi connectivity index (χ2n) is 5.06. The van der Waals surface area contributed by atoms with E-state index in [0.29, 0.717) is 11.6 Å². The first kappa shape index (κ1) is 14.4. The zero-order valence-corrected chi connectivity index (χ0v) is 12.2. The minimum absolute atomic E-state index is 0.342. The molecule has 1 aromatic rings. The van der Waals surface area contributed by atoms with E-state index in [9.17, 15) is 4.79 Å². The summed E-state index contributed by atoms with van der Waals surface area (Å²) in [5.41, 5.74) is 6.62. The quantitative estimate of drug-likeness (QED) is 0.774. The van der Waals surface area contributed by atoms with Gasteiger partial charge in [0.1, 0.15) is 5.69 Å². The number of nitrogens with one attached hydrogen (secondary N) is 1. The molecular formula is C13H22N4OS. The fourth-order valence-electron chi connectivity index (χ4n) is 2.62. The maximum Gasteiger partial charge on any atom is 0.269 e. The van der Waals surface area contributed by atoms with E-state index in [1.807, 2.05) is 11.8 Å². The Kier molecular flexibility index (Phi) is 5.27. The molecule has 6 heteroatoms. The van der Waals surface area contributed by atoms with Gasteiger partial charge < -0.3 is 10.6 Å². The number of hydrogen-bond acceptors (Lipinski definition) is 4. The van der Waals surface area contributed by atoms with Crippen LogP contribution in [0.2, 0.25) is 0 Å². The van der Waals surface area contributed by atoms with E-state index in [-0.39, 0.29) is 0 Å². The van der Waals surface area contributed by atoms with Crippen LogP contribution >= 0.6 is 11.8 Å². The van der Waals surface area contributed by atoms with Crippen LogP contribution in [0.15, 0.2) is 6.07 Å². The van der Waals surface area contributed by atoms with Gasteiger partial charge in [-0.05, 0) is 50.4 Å². The summed E-state index contributed by atoms with van der Waals surface area (Å²) in [6.07, 6.45) is 5.74. The second-order valence-corrected chi connectivity index (χ2v) is 6.04. The van der Waals surface area contributed by atoms with Crippen molar-refractivity contribution in [2.45, 2.75) is 25.2 Å². The number of H-pyrrole nitrogens is 1. The van der Waals surface area contributed by atoms with Crippen molar-refractivity contribution in [2.24, 2.45) is 5.73 Å². The summed E-state index contributed by atoms with van der Waals surface area (Å²) in [6.45, 7) is 3.39. The molecule has 0 spiro atoms. The first-order valence-electron chi connectivity index (χ1n) is 6.77. The molecule has 1 atom stereocenters. The number of nitrogens with zero attached hydrogens (tertiary/aromatic N) is 2. The normalized spacial score (nSPS) is 20.6. The molecule has 1 aliphatic heterocycles. The van der Waals surface area contributed by atoms with Gasteiger partial charge in [-0.1, -0.05) is 0 Å². The average Bonchev–Trinajstić information content (AvgIpc) is 2.89. The maximum atomic E-state index is 11.1. The monoisotopic (exact) mass is 282 g/mol. The highest BCUT2D eigenvalue weighted by Crippen LogP contribution is 2.26. The molecule has 2 rings (SSSR count). The summed E-state index contributed by atoms with van der Waals surface area (Å²) in [7, 11) is 0. The molecule has 2 heterocycles. The molecule has 0 saturated carbocycles. The fourth-order valence-corrected chi connectivity index (χ4v) is 3.03. The van der Waals surface area contributed by atoms with Crippen molar-refractivity contribution in [1.29, 1.82) is 0 Å². The minimum atomic E-state index is -0.463. The molecule has 1 saturated heterocycles. The zero-order valence-electron chi connectivity index (χ0n) is 11.4. The molecule has 1 aliphatic rings. The number of piperidine rings is 1. The van der Waals surface area contributed by atoms with E-state index < -0.39 is 5.91 Å². The van der Waals surface area contributed by atoms with Crippen molar-refractivity contribution in [3.05, 3.63) is 17.5 Å². The summed E-state index contributed by atoms with van der Waals surface area (Å²) < 4.78 is 0. The van der Waals surface area contributed by atoms with Crippen LogP contribution in [-0.4, -0.2) is 52.6 Å². The Morgan fingerprint density at radius 3 is 3.21 bits per heavy atom. The Labute approximate surface area is 118 Å². The van der Waals surface area contributed by atoms with Crippen molar-refractivity contribution >= 4 is 17.7 Å². The Balaban J connectivity index is 1.90. The lowest BCUT2D eigenvalue weighted by molar-refractivity contribution is 0.0995. The van der Waals surface area contributed by atoms with Crippen molar-refractivity contribution in [1.82, 2.24) is 15.1 Å². The van der Waals surface area contributed by atoms with Crippen LogP contribution in [-0.2, 0) is 0 Å². The molecule has 1 fully saturated rings. The van der Waals surface area contributed by atoms with E-state index in [2.05, 4.69) is 21.4 Å². The number of hydrogen-bond donors (Lipinski definition) is 2. The molecule has 0 unspecified atom stereocenters. The Bertz CT molecular complexity index is 421. The van der Waals surface area contributed by atoms with Gasteiger partial charge in [0.2, 0.25) is 0 Å². The largest absolute Gasteiger partial charge is 0.364 e. The van der Waals surface area contributed by atoms with E-state index in [1.165, 1.54) is 25.1 Å². The molecule has 5 nitrogen and oxygen atoms in total. The van der Waals surface area contributed by atoms with Gasteiger partial charge in [-0.15, -0.1) is 0 Å². The first-order chi connectivity index (χ1) is 9.20. The van der Waals surface area contributed by atoms with Crippen LogP contribution < -0.4 is 5.73 Å². The van der Waals surface area contributed by atoms with Crippen molar-refractivity contribution < 1.29 is 4.79 Å². The van der Waals surface area contributed by atoms with Crippen LogP contribution in [0.3, 0.4) is 0 Å². The Morgan fingerprint density at radius 2 is 2.53 bits per heavy atom. The van der Waals surface area contributed by atoms with Gasteiger partial charge in [0, 0.05) is 18.2 Å². The highest BCUT2D eigenvalue weighted by Gasteiger charge is 2.23. The molecule has 0 radical (unpaired) electrons. The topological polar surface area (TPSA) is 75.0 Å². The van der Waals surface area contributed by atoms with Gasteiger partial charge in [-0.25, -0.2) is 0 Å². The van der Waals surface area contributed by atoms with Crippen molar-refractivity contribution in [3.8, 4) is 0 Å². The van der Waals surface area contributed by atoms with Crippen LogP contribution in [0.25, 0.3) is 0 Å². The van der Waals surface area contributed by atoms with Gasteiger partial charge in [0.15, 0.2) is 0 Å². The third-order valence-corrected chi connectivity index (χ3v) is 4.32. The van der Waals surface area contributed by atoms with E-state index in [4.69, 9.17) is 5.73 Å². The van der Waals surface area contributed by atoms with Crippen LogP contribution in [0.4, 0.5) is 0 Å². The molecule has 0 aliphatic carbocycles. The van der Waals surface area contributed by atoms with E-state index in [0.717, 1.165) is 25.2 Å².